The Morgan fingerprint density at radius 1 is 1.38 bits per heavy atom. The zero-order chi connectivity index (χ0) is 9.42. The molecule has 0 unspecified atom stereocenters. The van der Waals surface area contributed by atoms with Crippen LogP contribution in [0.1, 0.15) is 30.0 Å². The molecule has 0 radical (unpaired) electrons. The van der Waals surface area contributed by atoms with Crippen LogP contribution in [0.4, 0.5) is 5.69 Å². The van der Waals surface area contributed by atoms with Gasteiger partial charge in [0.25, 0.3) is 0 Å². The van der Waals surface area contributed by atoms with Crippen molar-refractivity contribution in [1.82, 2.24) is 0 Å². The maximum absolute atomic E-state index is 6.02. The quantitative estimate of drug-likeness (QED) is 0.685. The lowest BCUT2D eigenvalue weighted by molar-refractivity contribution is 0.572. The number of nitrogens with two attached hydrogens (primary N) is 2. The second-order valence-corrected chi connectivity index (χ2v) is 4.39. The summed E-state index contributed by atoms with van der Waals surface area (Å²) >= 11 is 3.42. The Hall–Kier alpha value is -0.540. The van der Waals surface area contributed by atoms with Gasteiger partial charge < -0.3 is 11.5 Å². The fourth-order valence-electron chi connectivity index (χ4n) is 1.97. The first-order valence-corrected chi connectivity index (χ1v) is 5.32. The third-order valence-corrected chi connectivity index (χ3v) is 3.35. The zero-order valence-corrected chi connectivity index (χ0v) is 8.97. The van der Waals surface area contributed by atoms with Crippen LogP contribution in [0.2, 0.25) is 0 Å². The van der Waals surface area contributed by atoms with E-state index in [1.165, 1.54) is 12.0 Å². The predicted molar refractivity (Wildman–Crippen MR) is 58.4 cm³/mol. The Labute approximate surface area is 86.4 Å². The fraction of sp³-hybridized carbons (Fsp3) is 0.400. The van der Waals surface area contributed by atoms with E-state index >= 15 is 0 Å². The molecule has 1 atom stereocenters. The van der Waals surface area contributed by atoms with Crippen molar-refractivity contribution in [2.75, 3.05) is 5.73 Å². The van der Waals surface area contributed by atoms with E-state index in [1.807, 2.05) is 6.07 Å². The Bertz CT molecular complexity index is 336. The smallest absolute Gasteiger partial charge is 0.0509 e. The van der Waals surface area contributed by atoms with Crippen LogP contribution in [-0.2, 0) is 6.42 Å². The minimum atomic E-state index is 0.126. The van der Waals surface area contributed by atoms with Gasteiger partial charge in [-0.2, -0.15) is 0 Å². The van der Waals surface area contributed by atoms with Crippen LogP contribution in [-0.4, -0.2) is 0 Å². The van der Waals surface area contributed by atoms with E-state index in [2.05, 4.69) is 22.0 Å². The second kappa shape index (κ2) is 3.31. The predicted octanol–water partition coefficient (Wildman–Crippen LogP) is 2.37. The third kappa shape index (κ3) is 1.46. The molecule has 2 rings (SSSR count). The van der Waals surface area contributed by atoms with Crippen molar-refractivity contribution in [2.45, 2.75) is 25.3 Å². The van der Waals surface area contributed by atoms with Crippen molar-refractivity contribution in [3.8, 4) is 0 Å². The van der Waals surface area contributed by atoms with E-state index in [4.69, 9.17) is 11.5 Å². The second-order valence-electron chi connectivity index (χ2n) is 3.53. The molecule has 0 aromatic heterocycles. The Balaban J connectivity index is 2.58. The van der Waals surface area contributed by atoms with Gasteiger partial charge in [-0.15, -0.1) is 0 Å². The summed E-state index contributed by atoms with van der Waals surface area (Å²) in [4.78, 5) is 0. The molecule has 1 aromatic rings. The highest BCUT2D eigenvalue weighted by Crippen LogP contribution is 2.36. The molecule has 0 bridgehead atoms. The molecule has 4 N–H and O–H groups in total. The summed E-state index contributed by atoms with van der Waals surface area (Å²) in [5.74, 6) is 0. The molecule has 70 valence electrons. The Morgan fingerprint density at radius 2 is 2.15 bits per heavy atom. The van der Waals surface area contributed by atoms with Crippen LogP contribution < -0.4 is 11.5 Å². The van der Waals surface area contributed by atoms with E-state index in [9.17, 15) is 0 Å². The first-order chi connectivity index (χ1) is 6.20. The highest BCUT2D eigenvalue weighted by Gasteiger charge is 2.20. The van der Waals surface area contributed by atoms with Gasteiger partial charge in [0.1, 0.15) is 0 Å². The molecule has 0 fully saturated rings. The molecule has 2 nitrogen and oxygen atoms in total. The number of hydrogen-bond acceptors (Lipinski definition) is 2. The lowest BCUT2D eigenvalue weighted by Crippen LogP contribution is -2.19. The average Bonchev–Trinajstić information content (AvgIpc) is 2.12. The highest BCUT2D eigenvalue weighted by atomic mass is 79.9. The lowest BCUT2D eigenvalue weighted by Gasteiger charge is -2.24. The van der Waals surface area contributed by atoms with Crippen LogP contribution in [0.3, 0.4) is 0 Å². The minimum absolute atomic E-state index is 0.126. The topological polar surface area (TPSA) is 52.0 Å². The first kappa shape index (κ1) is 9.03. The summed E-state index contributed by atoms with van der Waals surface area (Å²) in [6, 6.07) is 4.25. The number of fused-ring (bicyclic) bond motifs is 1. The maximum Gasteiger partial charge on any atom is 0.0509 e. The van der Waals surface area contributed by atoms with Crippen molar-refractivity contribution < 1.29 is 0 Å². The first-order valence-electron chi connectivity index (χ1n) is 4.52. The normalized spacial score (nSPS) is 21.2. The summed E-state index contributed by atoms with van der Waals surface area (Å²) in [5.41, 5.74) is 15.3. The summed E-state index contributed by atoms with van der Waals surface area (Å²) < 4.78 is 0.962. The van der Waals surface area contributed by atoms with Gasteiger partial charge in [0, 0.05) is 10.5 Å². The largest absolute Gasteiger partial charge is 0.398 e. The molecule has 1 aliphatic carbocycles. The Morgan fingerprint density at radius 3 is 2.92 bits per heavy atom. The van der Waals surface area contributed by atoms with Crippen molar-refractivity contribution in [2.24, 2.45) is 5.73 Å². The van der Waals surface area contributed by atoms with Crippen LogP contribution >= 0.6 is 15.9 Å². The van der Waals surface area contributed by atoms with Gasteiger partial charge in [0.05, 0.1) is 5.69 Å². The van der Waals surface area contributed by atoms with Crippen LogP contribution in [0.5, 0.6) is 0 Å². The molecular weight excluding hydrogens is 228 g/mol. The standard InChI is InChI=1S/C10H13BrN2/c11-7-5-4-6-2-1-3-8(12)9(6)10(7)13/h4-5,8H,1-3,12-13H2/t8-/m1/s1. The van der Waals surface area contributed by atoms with Gasteiger partial charge in [-0.25, -0.2) is 0 Å². The number of aryl methyl sites for hydroxylation is 1. The fourth-order valence-corrected chi connectivity index (χ4v) is 2.31. The van der Waals surface area contributed by atoms with E-state index in [-0.39, 0.29) is 6.04 Å². The molecule has 0 spiro atoms. The van der Waals surface area contributed by atoms with E-state index in [1.54, 1.807) is 0 Å². The summed E-state index contributed by atoms with van der Waals surface area (Å²) in [7, 11) is 0. The van der Waals surface area contributed by atoms with E-state index in [0.29, 0.717) is 0 Å². The van der Waals surface area contributed by atoms with Crippen LogP contribution in [0, 0.1) is 0 Å². The molecular formula is C10H13BrN2. The molecule has 0 saturated carbocycles. The summed E-state index contributed by atoms with van der Waals surface area (Å²) in [5, 5.41) is 0. The summed E-state index contributed by atoms with van der Waals surface area (Å²) in [6.07, 6.45) is 3.34. The number of rotatable bonds is 0. The van der Waals surface area contributed by atoms with Gasteiger partial charge >= 0.3 is 0 Å². The molecule has 0 saturated heterocycles. The number of anilines is 1. The van der Waals surface area contributed by atoms with Gasteiger partial charge in [-0.1, -0.05) is 6.07 Å². The van der Waals surface area contributed by atoms with E-state index < -0.39 is 0 Å². The third-order valence-electron chi connectivity index (χ3n) is 2.66. The number of hydrogen-bond donors (Lipinski definition) is 2. The molecule has 1 aliphatic rings. The van der Waals surface area contributed by atoms with E-state index in [0.717, 1.165) is 28.6 Å². The van der Waals surface area contributed by atoms with Gasteiger partial charge in [-0.05, 0) is 52.4 Å². The van der Waals surface area contributed by atoms with Crippen molar-refractivity contribution in [3.05, 3.63) is 27.7 Å². The monoisotopic (exact) mass is 240 g/mol. The van der Waals surface area contributed by atoms with Crippen molar-refractivity contribution >= 4 is 21.6 Å². The highest BCUT2D eigenvalue weighted by molar-refractivity contribution is 9.10. The lowest BCUT2D eigenvalue weighted by atomic mass is 9.87. The zero-order valence-electron chi connectivity index (χ0n) is 7.39. The summed E-state index contributed by atoms with van der Waals surface area (Å²) in [6.45, 7) is 0. The maximum atomic E-state index is 6.02. The molecule has 1 aromatic carbocycles. The van der Waals surface area contributed by atoms with Gasteiger partial charge in [0.2, 0.25) is 0 Å². The van der Waals surface area contributed by atoms with Crippen LogP contribution in [0.15, 0.2) is 16.6 Å². The van der Waals surface area contributed by atoms with Crippen LogP contribution in [0.25, 0.3) is 0 Å². The molecule has 13 heavy (non-hydrogen) atoms. The molecule has 3 heteroatoms. The SMILES string of the molecule is Nc1c(Br)ccc2c1[C@H](N)CCC2. The molecule has 0 heterocycles. The van der Waals surface area contributed by atoms with Gasteiger partial charge in [0.15, 0.2) is 0 Å². The minimum Gasteiger partial charge on any atom is -0.398 e. The van der Waals surface area contributed by atoms with Crippen molar-refractivity contribution in [1.29, 1.82) is 0 Å². The number of benzene rings is 1. The number of nitrogen functional groups attached to an aromatic ring is 1. The van der Waals surface area contributed by atoms with Crippen molar-refractivity contribution in [3.63, 3.8) is 0 Å². The van der Waals surface area contributed by atoms with Gasteiger partial charge in [-0.3, -0.25) is 0 Å². The Kier molecular flexibility index (Phi) is 2.30. The number of halogens is 1. The average molecular weight is 241 g/mol. The molecule has 0 aliphatic heterocycles. The molecule has 0 amide bonds.